The van der Waals surface area contributed by atoms with Gasteiger partial charge in [-0.2, -0.15) is 0 Å². The number of esters is 1. The number of oxime groups is 1. The number of hydrogen-bond donors (Lipinski definition) is 0. The van der Waals surface area contributed by atoms with Crippen molar-refractivity contribution in [2.45, 2.75) is 77.9 Å². The van der Waals surface area contributed by atoms with Crippen molar-refractivity contribution in [3.8, 4) is 5.75 Å². The number of unbranched alkanes of at least 4 members (excludes halogenated alkanes) is 4. The molecular weight excluding hydrogens is 607 g/mol. The van der Waals surface area contributed by atoms with E-state index in [1.54, 1.807) is 0 Å². The third-order valence-corrected chi connectivity index (χ3v) is 8.86. The molecule has 0 aliphatic carbocycles. The minimum Gasteiger partial charge on any atom is -0.493 e. The van der Waals surface area contributed by atoms with Crippen LogP contribution in [0.4, 0.5) is 0 Å². The van der Waals surface area contributed by atoms with Crippen LogP contribution in [0.5, 0.6) is 5.75 Å². The number of nitrogens with zero attached hydrogens (tertiary/aromatic N) is 2. The minimum absolute atomic E-state index is 0.175. The lowest BCUT2D eigenvalue weighted by molar-refractivity contribution is -0.147. The van der Waals surface area contributed by atoms with Crippen molar-refractivity contribution in [2.24, 2.45) is 11.1 Å². The Bertz CT molecular complexity index is 1390. The second kappa shape index (κ2) is 18.2. The fourth-order valence-corrected chi connectivity index (χ4v) is 6.22. The van der Waals surface area contributed by atoms with E-state index in [0.29, 0.717) is 28.3 Å². The summed E-state index contributed by atoms with van der Waals surface area (Å²) in [6.07, 6.45) is 8.80. The van der Waals surface area contributed by atoms with Crippen LogP contribution in [0.15, 0.2) is 71.9 Å². The summed E-state index contributed by atoms with van der Waals surface area (Å²) in [5.74, 6) is 0.999. The Hall–Kier alpha value is -3.06. The summed E-state index contributed by atoms with van der Waals surface area (Å²) in [7, 11) is 1.52. The SMILES string of the molecule is CCCCCCC[C@H](OC(C)=O)c1cccc(CN2CCC(COc3ccc(/C(=N/OC)c4ccc(Cl)cc4)c(Cl)c3)CC2)c1. The molecule has 1 fully saturated rings. The molecule has 6 nitrogen and oxygen atoms in total. The van der Waals surface area contributed by atoms with Gasteiger partial charge < -0.3 is 14.3 Å². The van der Waals surface area contributed by atoms with Gasteiger partial charge in [0.25, 0.3) is 0 Å². The number of ether oxygens (including phenoxy) is 2. The summed E-state index contributed by atoms with van der Waals surface area (Å²) in [4.78, 5) is 19.4. The van der Waals surface area contributed by atoms with E-state index in [1.807, 2.05) is 42.5 Å². The molecule has 1 aliphatic rings. The number of likely N-dealkylation sites (tertiary alicyclic amines) is 1. The summed E-state index contributed by atoms with van der Waals surface area (Å²) in [5.41, 5.74) is 4.61. The molecule has 1 aliphatic heterocycles. The quantitative estimate of drug-likeness (QED) is 0.0667. The van der Waals surface area contributed by atoms with Gasteiger partial charge in [0.15, 0.2) is 0 Å². The van der Waals surface area contributed by atoms with E-state index in [-0.39, 0.29) is 12.1 Å². The molecule has 0 spiro atoms. The maximum absolute atomic E-state index is 11.8. The molecule has 1 atom stereocenters. The molecule has 0 bridgehead atoms. The van der Waals surface area contributed by atoms with Crippen LogP contribution in [0.3, 0.4) is 0 Å². The zero-order valence-corrected chi connectivity index (χ0v) is 28.3. The number of benzene rings is 3. The number of carbonyl (C=O) groups excluding carboxylic acids is 1. The van der Waals surface area contributed by atoms with Gasteiger partial charge in [-0.1, -0.05) is 97.4 Å². The first kappa shape index (κ1) is 34.8. The van der Waals surface area contributed by atoms with Gasteiger partial charge in [-0.3, -0.25) is 9.69 Å². The molecule has 0 saturated carbocycles. The maximum Gasteiger partial charge on any atom is 0.303 e. The van der Waals surface area contributed by atoms with Gasteiger partial charge in [0, 0.05) is 29.6 Å². The molecule has 45 heavy (non-hydrogen) atoms. The molecule has 1 heterocycles. The second-order valence-corrected chi connectivity index (χ2v) is 12.7. The first-order valence-electron chi connectivity index (χ1n) is 16.1. The molecule has 0 unspecified atom stereocenters. The summed E-state index contributed by atoms with van der Waals surface area (Å²) in [6, 6.07) is 21.7. The smallest absolute Gasteiger partial charge is 0.303 e. The Balaban J connectivity index is 1.27. The normalized spacial score (nSPS) is 15.1. The van der Waals surface area contributed by atoms with Gasteiger partial charge in [-0.15, -0.1) is 0 Å². The van der Waals surface area contributed by atoms with Crippen molar-refractivity contribution in [3.05, 3.63) is 99.0 Å². The number of carbonyl (C=O) groups is 1. The lowest BCUT2D eigenvalue weighted by atomic mass is 9.96. The number of halogens is 2. The highest BCUT2D eigenvalue weighted by molar-refractivity contribution is 6.35. The summed E-state index contributed by atoms with van der Waals surface area (Å²) < 4.78 is 11.9. The van der Waals surface area contributed by atoms with E-state index in [2.05, 4.69) is 41.2 Å². The fraction of sp³-hybridized carbons (Fsp3) is 0.459. The van der Waals surface area contributed by atoms with E-state index < -0.39 is 0 Å². The molecular formula is C37H46Cl2N2O4. The molecule has 3 aromatic rings. The Morgan fingerprint density at radius 1 is 0.978 bits per heavy atom. The standard InChI is InChI=1S/C37H46Cl2N2O4/c1-4-5-6-7-8-12-36(45-27(2)42)31-11-9-10-29(23-31)25-41-21-19-28(20-22-41)26-44-33-17-18-34(35(39)24-33)37(40-43-3)30-13-15-32(38)16-14-30/h9-11,13-18,23-24,28,36H,4-8,12,19-22,25-26H2,1-3H3/b40-37+/t36-/m0/s1. The van der Waals surface area contributed by atoms with Crippen LogP contribution >= 0.6 is 23.2 Å². The first-order chi connectivity index (χ1) is 21.9. The largest absolute Gasteiger partial charge is 0.493 e. The van der Waals surface area contributed by atoms with E-state index in [4.69, 9.17) is 37.5 Å². The summed E-state index contributed by atoms with van der Waals surface area (Å²) in [6.45, 7) is 7.29. The lowest BCUT2D eigenvalue weighted by Crippen LogP contribution is -2.35. The van der Waals surface area contributed by atoms with Crippen LogP contribution in [-0.2, 0) is 20.9 Å². The molecule has 0 N–H and O–H groups in total. The predicted molar refractivity (Wildman–Crippen MR) is 183 cm³/mol. The highest BCUT2D eigenvalue weighted by Crippen LogP contribution is 2.29. The first-order valence-corrected chi connectivity index (χ1v) is 16.9. The third-order valence-electron chi connectivity index (χ3n) is 8.30. The van der Waals surface area contributed by atoms with Gasteiger partial charge in [0.05, 0.1) is 11.6 Å². The van der Waals surface area contributed by atoms with Crippen molar-refractivity contribution in [1.82, 2.24) is 4.90 Å². The Morgan fingerprint density at radius 2 is 1.73 bits per heavy atom. The van der Waals surface area contributed by atoms with Crippen LogP contribution in [0.1, 0.15) is 93.6 Å². The number of hydrogen-bond acceptors (Lipinski definition) is 6. The van der Waals surface area contributed by atoms with Crippen molar-refractivity contribution >= 4 is 34.9 Å². The van der Waals surface area contributed by atoms with Crippen LogP contribution in [-0.4, -0.2) is 43.4 Å². The van der Waals surface area contributed by atoms with Crippen molar-refractivity contribution in [3.63, 3.8) is 0 Å². The summed E-state index contributed by atoms with van der Waals surface area (Å²) in [5, 5.41) is 5.41. The van der Waals surface area contributed by atoms with Crippen molar-refractivity contribution in [1.29, 1.82) is 0 Å². The number of rotatable bonds is 16. The molecule has 4 rings (SSSR count). The fourth-order valence-electron chi connectivity index (χ4n) is 5.84. The Labute approximate surface area is 278 Å². The Kier molecular flexibility index (Phi) is 14.1. The lowest BCUT2D eigenvalue weighted by Gasteiger charge is -2.32. The molecule has 1 saturated heterocycles. The molecule has 0 radical (unpaired) electrons. The van der Waals surface area contributed by atoms with Crippen LogP contribution in [0.2, 0.25) is 10.0 Å². The Morgan fingerprint density at radius 3 is 2.42 bits per heavy atom. The molecule has 0 amide bonds. The monoisotopic (exact) mass is 652 g/mol. The van der Waals surface area contributed by atoms with Gasteiger partial charge in [-0.05, 0) is 86.1 Å². The molecule has 3 aromatic carbocycles. The van der Waals surface area contributed by atoms with Crippen LogP contribution in [0, 0.1) is 5.92 Å². The highest BCUT2D eigenvalue weighted by atomic mass is 35.5. The summed E-state index contributed by atoms with van der Waals surface area (Å²) >= 11 is 12.7. The molecule has 0 aromatic heterocycles. The van der Waals surface area contributed by atoms with Gasteiger partial charge in [0.2, 0.25) is 0 Å². The average molecular weight is 654 g/mol. The van der Waals surface area contributed by atoms with Crippen LogP contribution < -0.4 is 4.74 Å². The molecule has 242 valence electrons. The van der Waals surface area contributed by atoms with E-state index in [9.17, 15) is 4.79 Å². The van der Waals surface area contributed by atoms with E-state index in [0.717, 1.165) is 67.8 Å². The minimum atomic E-state index is -0.218. The van der Waals surface area contributed by atoms with Crippen molar-refractivity contribution in [2.75, 3.05) is 26.8 Å². The zero-order chi connectivity index (χ0) is 32.0. The maximum atomic E-state index is 11.8. The van der Waals surface area contributed by atoms with Crippen molar-refractivity contribution < 1.29 is 19.1 Å². The second-order valence-electron chi connectivity index (χ2n) is 11.8. The number of piperidine rings is 1. The molecule has 8 heteroatoms. The van der Waals surface area contributed by atoms with E-state index >= 15 is 0 Å². The van der Waals surface area contributed by atoms with Gasteiger partial charge >= 0.3 is 5.97 Å². The third kappa shape index (κ3) is 11.1. The van der Waals surface area contributed by atoms with Crippen LogP contribution in [0.25, 0.3) is 0 Å². The zero-order valence-electron chi connectivity index (χ0n) is 26.8. The van der Waals surface area contributed by atoms with E-state index in [1.165, 1.54) is 45.3 Å². The van der Waals surface area contributed by atoms with Gasteiger partial charge in [0.1, 0.15) is 24.7 Å². The predicted octanol–water partition coefficient (Wildman–Crippen LogP) is 9.65. The highest BCUT2D eigenvalue weighted by Gasteiger charge is 2.21. The van der Waals surface area contributed by atoms with Gasteiger partial charge in [-0.25, -0.2) is 0 Å². The average Bonchev–Trinajstić information content (AvgIpc) is 3.03. The topological polar surface area (TPSA) is 60.4 Å².